The van der Waals surface area contributed by atoms with Crippen molar-refractivity contribution in [2.24, 2.45) is 0 Å². The van der Waals surface area contributed by atoms with Crippen molar-refractivity contribution in [2.45, 2.75) is 6.10 Å². The first-order chi connectivity index (χ1) is 8.65. The minimum atomic E-state index is -0.777. The fraction of sp³-hybridized carbons (Fsp3) is 0.0833. The Labute approximate surface area is 111 Å². The third-order valence-corrected chi connectivity index (χ3v) is 4.16. The SMILES string of the molecule is O=c1[nH]c2ccc(C(O)c3sccc3Cl)cc2[nH]1. The maximum atomic E-state index is 11.2. The third kappa shape index (κ3) is 1.86. The minimum Gasteiger partial charge on any atom is -0.383 e. The summed E-state index contributed by atoms with van der Waals surface area (Å²) in [4.78, 5) is 17.2. The van der Waals surface area contributed by atoms with Crippen LogP contribution in [0.3, 0.4) is 0 Å². The Hall–Kier alpha value is -1.56. The summed E-state index contributed by atoms with van der Waals surface area (Å²) in [6.45, 7) is 0. The van der Waals surface area contributed by atoms with Gasteiger partial charge in [0, 0.05) is 0 Å². The summed E-state index contributed by atoms with van der Waals surface area (Å²) < 4.78 is 0. The fourth-order valence-corrected chi connectivity index (χ4v) is 3.04. The predicted octanol–water partition coefficient (Wildman–Crippen LogP) is 2.65. The van der Waals surface area contributed by atoms with Gasteiger partial charge in [-0.1, -0.05) is 17.7 Å². The van der Waals surface area contributed by atoms with E-state index < -0.39 is 6.10 Å². The van der Waals surface area contributed by atoms with Crippen molar-refractivity contribution in [3.8, 4) is 0 Å². The van der Waals surface area contributed by atoms with Crippen molar-refractivity contribution in [2.75, 3.05) is 0 Å². The molecule has 3 aromatic rings. The van der Waals surface area contributed by atoms with Crippen LogP contribution < -0.4 is 5.69 Å². The Morgan fingerprint density at radius 3 is 2.72 bits per heavy atom. The van der Waals surface area contributed by atoms with E-state index in [1.165, 1.54) is 11.3 Å². The Bertz CT molecular complexity index is 759. The van der Waals surface area contributed by atoms with Gasteiger partial charge < -0.3 is 15.1 Å². The minimum absolute atomic E-state index is 0.259. The molecule has 0 saturated heterocycles. The average Bonchev–Trinajstić information content (AvgIpc) is 2.91. The number of H-pyrrole nitrogens is 2. The number of aromatic amines is 2. The lowest BCUT2D eigenvalue weighted by atomic mass is 10.1. The van der Waals surface area contributed by atoms with Crippen molar-refractivity contribution >= 4 is 34.0 Å². The molecule has 0 fully saturated rings. The normalized spacial score (nSPS) is 13.0. The molecule has 0 aliphatic heterocycles. The lowest BCUT2D eigenvalue weighted by Gasteiger charge is -2.09. The number of thiophene rings is 1. The van der Waals surface area contributed by atoms with Gasteiger partial charge in [-0.2, -0.15) is 0 Å². The predicted molar refractivity (Wildman–Crippen MR) is 72.3 cm³/mol. The monoisotopic (exact) mass is 280 g/mol. The van der Waals surface area contributed by atoms with Gasteiger partial charge in [-0.05, 0) is 29.1 Å². The van der Waals surface area contributed by atoms with Crippen LogP contribution in [0.4, 0.5) is 0 Å². The zero-order valence-corrected chi connectivity index (χ0v) is 10.7. The van der Waals surface area contributed by atoms with E-state index in [0.717, 1.165) is 0 Å². The van der Waals surface area contributed by atoms with Gasteiger partial charge in [0.1, 0.15) is 6.10 Å². The van der Waals surface area contributed by atoms with E-state index >= 15 is 0 Å². The van der Waals surface area contributed by atoms with E-state index in [4.69, 9.17) is 11.6 Å². The van der Waals surface area contributed by atoms with Gasteiger partial charge in [0.2, 0.25) is 0 Å². The second-order valence-electron chi connectivity index (χ2n) is 3.92. The number of imidazole rings is 1. The average molecular weight is 281 g/mol. The highest BCUT2D eigenvalue weighted by Gasteiger charge is 2.16. The second kappa shape index (κ2) is 4.28. The number of aliphatic hydroxyl groups excluding tert-OH is 1. The van der Waals surface area contributed by atoms with Crippen LogP contribution in [-0.4, -0.2) is 15.1 Å². The quantitative estimate of drug-likeness (QED) is 0.675. The zero-order valence-electron chi connectivity index (χ0n) is 9.11. The molecular weight excluding hydrogens is 272 g/mol. The third-order valence-electron chi connectivity index (χ3n) is 2.75. The van der Waals surface area contributed by atoms with Gasteiger partial charge >= 0.3 is 5.69 Å². The molecule has 0 radical (unpaired) electrons. The highest BCUT2D eigenvalue weighted by Crippen LogP contribution is 2.33. The van der Waals surface area contributed by atoms with E-state index in [9.17, 15) is 9.90 Å². The Morgan fingerprint density at radius 2 is 2.00 bits per heavy atom. The summed E-state index contributed by atoms with van der Waals surface area (Å²) in [7, 11) is 0. The topological polar surface area (TPSA) is 68.9 Å². The number of halogens is 1. The van der Waals surface area contributed by atoms with Crippen LogP contribution in [0, 0.1) is 0 Å². The second-order valence-corrected chi connectivity index (χ2v) is 5.27. The maximum Gasteiger partial charge on any atom is 0.323 e. The molecule has 2 aromatic heterocycles. The van der Waals surface area contributed by atoms with E-state index in [-0.39, 0.29) is 5.69 Å². The van der Waals surface area contributed by atoms with Crippen molar-refractivity contribution in [3.05, 3.63) is 55.6 Å². The maximum absolute atomic E-state index is 11.2. The zero-order chi connectivity index (χ0) is 12.7. The van der Waals surface area contributed by atoms with E-state index in [2.05, 4.69) is 9.97 Å². The standard InChI is InChI=1S/C12H9ClN2O2S/c13-7-3-4-18-11(7)10(16)6-1-2-8-9(5-6)15-12(17)14-8/h1-5,10,16H,(H2,14,15,17). The molecule has 0 spiro atoms. The largest absolute Gasteiger partial charge is 0.383 e. The molecule has 0 aliphatic rings. The summed E-state index contributed by atoms with van der Waals surface area (Å²) in [5.41, 5.74) is 1.82. The van der Waals surface area contributed by atoms with E-state index in [0.29, 0.717) is 26.5 Å². The van der Waals surface area contributed by atoms with E-state index in [1.807, 2.05) is 5.38 Å². The molecule has 3 N–H and O–H groups in total. The number of hydrogen-bond donors (Lipinski definition) is 3. The molecule has 1 atom stereocenters. The molecule has 1 aromatic carbocycles. The number of rotatable bonds is 2. The van der Waals surface area contributed by atoms with Gasteiger partial charge in [-0.3, -0.25) is 0 Å². The lowest BCUT2D eigenvalue weighted by Crippen LogP contribution is -1.99. The summed E-state index contributed by atoms with van der Waals surface area (Å²) in [6.07, 6.45) is -0.777. The Balaban J connectivity index is 2.09. The van der Waals surface area contributed by atoms with Crippen LogP contribution in [0.1, 0.15) is 16.5 Å². The van der Waals surface area contributed by atoms with Crippen LogP contribution >= 0.6 is 22.9 Å². The lowest BCUT2D eigenvalue weighted by molar-refractivity contribution is 0.224. The van der Waals surface area contributed by atoms with Gasteiger partial charge in [0.15, 0.2) is 0 Å². The highest BCUT2D eigenvalue weighted by molar-refractivity contribution is 7.10. The number of fused-ring (bicyclic) bond motifs is 1. The van der Waals surface area contributed by atoms with Gasteiger partial charge in [0.05, 0.1) is 20.9 Å². The molecule has 3 rings (SSSR count). The van der Waals surface area contributed by atoms with Crippen molar-refractivity contribution in [3.63, 3.8) is 0 Å². The molecule has 92 valence electrons. The number of nitrogens with one attached hydrogen (secondary N) is 2. The molecule has 4 nitrogen and oxygen atoms in total. The first kappa shape index (κ1) is 11.5. The summed E-state index contributed by atoms with van der Waals surface area (Å²) in [5, 5.41) is 12.6. The van der Waals surface area contributed by atoms with Gasteiger partial charge in [-0.15, -0.1) is 11.3 Å². The summed E-state index contributed by atoms with van der Waals surface area (Å²) in [5.74, 6) is 0. The van der Waals surface area contributed by atoms with E-state index in [1.54, 1.807) is 24.3 Å². The van der Waals surface area contributed by atoms with Crippen LogP contribution in [0.25, 0.3) is 11.0 Å². The van der Waals surface area contributed by atoms with Gasteiger partial charge in [-0.25, -0.2) is 4.79 Å². The van der Waals surface area contributed by atoms with Crippen LogP contribution in [0.5, 0.6) is 0 Å². The number of hydrogen-bond acceptors (Lipinski definition) is 3. The van der Waals surface area contributed by atoms with Gasteiger partial charge in [0.25, 0.3) is 0 Å². The molecule has 2 heterocycles. The Kier molecular flexibility index (Phi) is 2.74. The molecule has 0 aliphatic carbocycles. The van der Waals surface area contributed by atoms with Crippen molar-refractivity contribution in [1.29, 1.82) is 0 Å². The number of aliphatic hydroxyl groups is 1. The number of benzene rings is 1. The first-order valence-electron chi connectivity index (χ1n) is 5.28. The first-order valence-corrected chi connectivity index (χ1v) is 6.54. The highest BCUT2D eigenvalue weighted by atomic mass is 35.5. The molecule has 0 amide bonds. The molecule has 0 bridgehead atoms. The van der Waals surface area contributed by atoms with Crippen LogP contribution in [0.15, 0.2) is 34.4 Å². The molecule has 1 unspecified atom stereocenters. The summed E-state index contributed by atoms with van der Waals surface area (Å²) in [6, 6.07) is 7.02. The van der Waals surface area contributed by atoms with Crippen molar-refractivity contribution in [1.82, 2.24) is 9.97 Å². The van der Waals surface area contributed by atoms with Crippen LogP contribution in [0.2, 0.25) is 5.02 Å². The molecule has 18 heavy (non-hydrogen) atoms. The molecular formula is C12H9ClN2O2S. The van der Waals surface area contributed by atoms with Crippen LogP contribution in [-0.2, 0) is 0 Å². The molecule has 0 saturated carbocycles. The smallest absolute Gasteiger partial charge is 0.323 e. The Morgan fingerprint density at radius 1 is 1.22 bits per heavy atom. The fourth-order valence-electron chi connectivity index (χ4n) is 1.87. The summed E-state index contributed by atoms with van der Waals surface area (Å²) >= 11 is 7.39. The molecule has 6 heteroatoms. The van der Waals surface area contributed by atoms with Crippen molar-refractivity contribution < 1.29 is 5.11 Å². The number of aromatic nitrogens is 2.